The molecule has 0 unspecified atom stereocenters. The van der Waals surface area contributed by atoms with E-state index >= 15 is 0 Å². The molecule has 1 aliphatic carbocycles. The highest BCUT2D eigenvalue weighted by molar-refractivity contribution is 5.77. The lowest BCUT2D eigenvalue weighted by atomic mass is 9.93. The summed E-state index contributed by atoms with van der Waals surface area (Å²) in [6.45, 7) is 1.67. The largest absolute Gasteiger partial charge is 0.393 e. The first-order valence-electron chi connectivity index (χ1n) is 8.45. The van der Waals surface area contributed by atoms with Crippen LogP contribution in [0.25, 0.3) is 0 Å². The summed E-state index contributed by atoms with van der Waals surface area (Å²) in [6.07, 6.45) is 3.48. The predicted octanol–water partition coefficient (Wildman–Crippen LogP) is 2.15. The van der Waals surface area contributed by atoms with E-state index in [4.69, 9.17) is 4.74 Å². The van der Waals surface area contributed by atoms with Crippen molar-refractivity contribution in [3.8, 4) is 0 Å². The summed E-state index contributed by atoms with van der Waals surface area (Å²) in [5.41, 5.74) is 0.963. The second kappa shape index (κ2) is 7.41. The van der Waals surface area contributed by atoms with E-state index in [-0.39, 0.29) is 29.8 Å². The van der Waals surface area contributed by atoms with Gasteiger partial charge < -0.3 is 14.7 Å². The summed E-state index contributed by atoms with van der Waals surface area (Å²) in [7, 11) is 0. The Balaban J connectivity index is 1.60. The number of aliphatic hydroxyl groups is 1. The maximum absolute atomic E-state index is 12.9. The van der Waals surface area contributed by atoms with Crippen molar-refractivity contribution in [2.45, 2.75) is 44.2 Å². The van der Waals surface area contributed by atoms with E-state index in [9.17, 15) is 14.3 Å². The van der Waals surface area contributed by atoms with Crippen molar-refractivity contribution in [1.82, 2.24) is 4.90 Å². The van der Waals surface area contributed by atoms with Crippen LogP contribution in [0.2, 0.25) is 0 Å². The van der Waals surface area contributed by atoms with Crippen LogP contribution in [0.1, 0.15) is 31.2 Å². The number of benzene rings is 1. The molecule has 5 heteroatoms. The topological polar surface area (TPSA) is 49.8 Å². The van der Waals surface area contributed by atoms with Gasteiger partial charge in [0.1, 0.15) is 5.82 Å². The number of nitrogens with zero attached hydrogens (tertiary/aromatic N) is 1. The number of aliphatic hydroxyl groups excluding tert-OH is 1. The van der Waals surface area contributed by atoms with Gasteiger partial charge >= 0.3 is 0 Å². The van der Waals surface area contributed by atoms with Crippen LogP contribution in [-0.4, -0.2) is 47.8 Å². The normalized spacial score (nSPS) is 28.1. The fraction of sp³-hybridized carbons (Fsp3) is 0.611. The zero-order valence-corrected chi connectivity index (χ0v) is 13.3. The van der Waals surface area contributed by atoms with E-state index in [2.05, 4.69) is 0 Å². The molecule has 1 amide bonds. The minimum Gasteiger partial charge on any atom is -0.393 e. The molecular formula is C18H24FNO3. The van der Waals surface area contributed by atoms with Crippen molar-refractivity contribution in [1.29, 1.82) is 0 Å². The van der Waals surface area contributed by atoms with Crippen molar-refractivity contribution >= 4 is 5.91 Å². The van der Waals surface area contributed by atoms with Crippen molar-refractivity contribution in [3.63, 3.8) is 0 Å². The molecule has 4 nitrogen and oxygen atoms in total. The number of amides is 1. The first-order valence-corrected chi connectivity index (χ1v) is 8.45. The van der Waals surface area contributed by atoms with E-state index in [1.54, 1.807) is 12.1 Å². The van der Waals surface area contributed by atoms with E-state index in [1.165, 1.54) is 12.1 Å². The summed E-state index contributed by atoms with van der Waals surface area (Å²) < 4.78 is 18.5. The number of halogens is 1. The Kier molecular flexibility index (Phi) is 5.28. The molecule has 3 rings (SSSR count). The van der Waals surface area contributed by atoms with Crippen LogP contribution >= 0.6 is 0 Å². The van der Waals surface area contributed by atoms with Crippen molar-refractivity contribution in [2.75, 3.05) is 19.8 Å². The Bertz CT molecular complexity index is 534. The third-order valence-electron chi connectivity index (χ3n) is 5.05. The maximum Gasteiger partial charge on any atom is 0.223 e. The number of carbonyl (C=O) groups excluding carboxylic acids is 1. The van der Waals surface area contributed by atoms with Gasteiger partial charge in [-0.15, -0.1) is 0 Å². The zero-order chi connectivity index (χ0) is 16.2. The van der Waals surface area contributed by atoms with Gasteiger partial charge in [-0.2, -0.15) is 0 Å². The average Bonchev–Trinajstić information content (AvgIpc) is 3.00. The molecule has 1 aliphatic heterocycles. The monoisotopic (exact) mass is 321 g/mol. The molecule has 0 bridgehead atoms. The zero-order valence-electron chi connectivity index (χ0n) is 13.3. The summed E-state index contributed by atoms with van der Waals surface area (Å²) >= 11 is 0. The third-order valence-corrected chi connectivity index (χ3v) is 5.05. The maximum atomic E-state index is 12.9. The molecule has 1 heterocycles. The highest BCUT2D eigenvalue weighted by Crippen LogP contribution is 2.32. The van der Waals surface area contributed by atoms with Crippen molar-refractivity contribution in [3.05, 3.63) is 35.6 Å². The molecule has 1 aromatic carbocycles. The van der Waals surface area contributed by atoms with Crippen LogP contribution in [0.15, 0.2) is 24.3 Å². The summed E-state index contributed by atoms with van der Waals surface area (Å²) in [5, 5.41) is 10.1. The number of rotatable bonds is 4. The highest BCUT2D eigenvalue weighted by Gasteiger charge is 2.39. The molecule has 0 radical (unpaired) electrons. The van der Waals surface area contributed by atoms with Crippen molar-refractivity contribution < 1.29 is 19.0 Å². The smallest absolute Gasteiger partial charge is 0.223 e. The highest BCUT2D eigenvalue weighted by atomic mass is 19.1. The van der Waals surface area contributed by atoms with Crippen LogP contribution in [0.4, 0.5) is 4.39 Å². The van der Waals surface area contributed by atoms with Gasteiger partial charge in [-0.1, -0.05) is 18.6 Å². The van der Waals surface area contributed by atoms with Crippen molar-refractivity contribution in [2.24, 2.45) is 5.92 Å². The Hall–Kier alpha value is -1.46. The minimum absolute atomic E-state index is 0.0121. The SMILES string of the molecule is O=C(CCc1ccc(F)cc1)N1CCOC[C@@H]1[C@@H]1CCC[C@@H]1O. The van der Waals surface area contributed by atoms with E-state index in [0.717, 1.165) is 24.8 Å². The molecule has 1 saturated heterocycles. The lowest BCUT2D eigenvalue weighted by Gasteiger charge is -2.40. The Labute approximate surface area is 136 Å². The number of hydrogen-bond acceptors (Lipinski definition) is 3. The second-order valence-electron chi connectivity index (χ2n) is 6.52. The molecule has 0 spiro atoms. The molecular weight excluding hydrogens is 297 g/mol. The fourth-order valence-corrected chi connectivity index (χ4v) is 3.75. The Morgan fingerprint density at radius 1 is 1.30 bits per heavy atom. The summed E-state index contributed by atoms with van der Waals surface area (Å²) in [6, 6.07) is 6.28. The lowest BCUT2D eigenvalue weighted by Crippen LogP contribution is -2.53. The Morgan fingerprint density at radius 2 is 2.09 bits per heavy atom. The second-order valence-corrected chi connectivity index (χ2v) is 6.52. The van der Waals surface area contributed by atoms with Gasteiger partial charge in [-0.05, 0) is 37.0 Å². The fourth-order valence-electron chi connectivity index (χ4n) is 3.75. The molecule has 23 heavy (non-hydrogen) atoms. The molecule has 0 aromatic heterocycles. The van der Waals surface area contributed by atoms with Crippen LogP contribution in [0.3, 0.4) is 0 Å². The standard InChI is InChI=1S/C18H24FNO3/c19-14-7-4-13(5-8-14)6-9-18(22)20-10-11-23-12-16(20)15-2-1-3-17(15)21/h4-5,7-8,15-17,21H,1-3,6,9-12H2/t15-,16+,17-/m0/s1. The molecule has 126 valence electrons. The van der Waals surface area contributed by atoms with Gasteiger partial charge in [0.05, 0.1) is 25.4 Å². The summed E-state index contributed by atoms with van der Waals surface area (Å²) in [4.78, 5) is 14.5. The summed E-state index contributed by atoms with van der Waals surface area (Å²) in [5.74, 6) is -0.0321. The van der Waals surface area contributed by atoms with E-state index in [1.807, 2.05) is 4.90 Å². The third kappa shape index (κ3) is 3.90. The first kappa shape index (κ1) is 16.4. The van der Waals surface area contributed by atoms with Gasteiger partial charge in [-0.3, -0.25) is 4.79 Å². The van der Waals surface area contributed by atoms with Gasteiger partial charge in [0, 0.05) is 18.9 Å². The number of hydrogen-bond donors (Lipinski definition) is 1. The number of morpholine rings is 1. The Morgan fingerprint density at radius 3 is 2.78 bits per heavy atom. The van der Waals surface area contributed by atoms with Gasteiger partial charge in [0.15, 0.2) is 0 Å². The average molecular weight is 321 g/mol. The number of carbonyl (C=O) groups is 1. The minimum atomic E-state index is -0.325. The quantitative estimate of drug-likeness (QED) is 0.924. The van der Waals surface area contributed by atoms with Crippen LogP contribution in [0, 0.1) is 11.7 Å². The van der Waals surface area contributed by atoms with Crippen LogP contribution < -0.4 is 0 Å². The van der Waals surface area contributed by atoms with Gasteiger partial charge in [0.2, 0.25) is 5.91 Å². The van der Waals surface area contributed by atoms with Crippen LogP contribution in [0.5, 0.6) is 0 Å². The predicted molar refractivity (Wildman–Crippen MR) is 84.4 cm³/mol. The molecule has 1 aromatic rings. The van der Waals surface area contributed by atoms with E-state index in [0.29, 0.717) is 32.6 Å². The van der Waals surface area contributed by atoms with Gasteiger partial charge in [0.25, 0.3) is 0 Å². The van der Waals surface area contributed by atoms with Crippen LogP contribution in [-0.2, 0) is 16.0 Å². The number of ether oxygens (including phenoxy) is 1. The molecule has 2 fully saturated rings. The first-order chi connectivity index (χ1) is 11.1. The molecule has 1 saturated carbocycles. The van der Waals surface area contributed by atoms with Gasteiger partial charge in [-0.25, -0.2) is 4.39 Å². The lowest BCUT2D eigenvalue weighted by molar-refractivity contribution is -0.143. The number of aryl methyl sites for hydroxylation is 1. The molecule has 2 aliphatic rings. The molecule has 3 atom stereocenters. The van der Waals surface area contributed by atoms with E-state index < -0.39 is 0 Å². The molecule has 1 N–H and O–H groups in total.